The van der Waals surface area contributed by atoms with Crippen molar-refractivity contribution in [3.05, 3.63) is 34.1 Å². The summed E-state index contributed by atoms with van der Waals surface area (Å²) in [6.07, 6.45) is 6.27. The first-order valence-corrected chi connectivity index (χ1v) is 7.00. The minimum atomic E-state index is -0.226. The normalized spacial score (nSPS) is 19.7. The predicted molar refractivity (Wildman–Crippen MR) is 69.3 cm³/mol. The van der Waals surface area contributed by atoms with Crippen molar-refractivity contribution in [2.24, 2.45) is 5.92 Å². The van der Waals surface area contributed by atoms with Crippen LogP contribution in [0.4, 0.5) is 4.39 Å². The summed E-state index contributed by atoms with van der Waals surface area (Å²) in [5.74, 6) is 0.323. The first kappa shape index (κ1) is 12.4. The molecule has 1 fully saturated rings. The molecule has 0 N–H and O–H groups in total. The standard InChI is InChI=1S/C13H15BrClF/c14-11-8-10(6-7-12(11)16)13(15)9-4-2-1-3-5-9/h6-9,13H,1-5H2. The molecule has 1 aliphatic rings. The van der Waals surface area contributed by atoms with E-state index in [2.05, 4.69) is 15.9 Å². The van der Waals surface area contributed by atoms with E-state index in [-0.39, 0.29) is 11.2 Å². The van der Waals surface area contributed by atoms with Gasteiger partial charge in [0.25, 0.3) is 0 Å². The molecular weight excluding hydrogens is 290 g/mol. The van der Waals surface area contributed by atoms with E-state index >= 15 is 0 Å². The minimum absolute atomic E-state index is 0.0252. The first-order chi connectivity index (χ1) is 7.68. The van der Waals surface area contributed by atoms with Gasteiger partial charge < -0.3 is 0 Å². The monoisotopic (exact) mass is 304 g/mol. The van der Waals surface area contributed by atoms with Crippen LogP contribution in [0.5, 0.6) is 0 Å². The molecule has 2 rings (SSSR count). The van der Waals surface area contributed by atoms with Crippen LogP contribution in [0.25, 0.3) is 0 Å². The van der Waals surface area contributed by atoms with E-state index in [1.807, 2.05) is 6.07 Å². The van der Waals surface area contributed by atoms with Crippen LogP contribution < -0.4 is 0 Å². The molecule has 0 heterocycles. The zero-order valence-corrected chi connectivity index (χ0v) is 11.4. The van der Waals surface area contributed by atoms with E-state index in [0.717, 1.165) is 5.56 Å². The number of alkyl halides is 1. The summed E-state index contributed by atoms with van der Waals surface area (Å²) in [5.41, 5.74) is 1.03. The van der Waals surface area contributed by atoms with Crippen LogP contribution in [-0.4, -0.2) is 0 Å². The smallest absolute Gasteiger partial charge is 0.137 e. The van der Waals surface area contributed by atoms with Crippen LogP contribution in [-0.2, 0) is 0 Å². The van der Waals surface area contributed by atoms with E-state index < -0.39 is 0 Å². The van der Waals surface area contributed by atoms with Crippen molar-refractivity contribution >= 4 is 27.5 Å². The number of halogens is 3. The summed E-state index contributed by atoms with van der Waals surface area (Å²) in [4.78, 5) is 0. The molecule has 1 aliphatic carbocycles. The summed E-state index contributed by atoms with van der Waals surface area (Å²) < 4.78 is 13.6. The third-order valence-electron chi connectivity index (χ3n) is 3.33. The van der Waals surface area contributed by atoms with Gasteiger partial charge in [0.15, 0.2) is 0 Å². The summed E-state index contributed by atoms with van der Waals surface area (Å²) in [7, 11) is 0. The molecule has 1 saturated carbocycles. The molecule has 1 aromatic rings. The van der Waals surface area contributed by atoms with Crippen molar-refractivity contribution in [2.75, 3.05) is 0 Å². The van der Waals surface area contributed by atoms with Gasteiger partial charge in [-0.1, -0.05) is 25.3 Å². The Bertz CT molecular complexity index is 361. The van der Waals surface area contributed by atoms with Crippen molar-refractivity contribution in [2.45, 2.75) is 37.5 Å². The van der Waals surface area contributed by atoms with E-state index in [9.17, 15) is 4.39 Å². The molecule has 88 valence electrons. The molecule has 0 nitrogen and oxygen atoms in total. The number of hydrogen-bond acceptors (Lipinski definition) is 0. The SMILES string of the molecule is Fc1ccc(C(Cl)C2CCCCC2)cc1Br. The fraction of sp³-hybridized carbons (Fsp3) is 0.538. The number of benzene rings is 1. The Kier molecular flexibility index (Phi) is 4.26. The molecule has 0 radical (unpaired) electrons. The van der Waals surface area contributed by atoms with Crippen molar-refractivity contribution in [3.8, 4) is 0 Å². The number of hydrogen-bond donors (Lipinski definition) is 0. The highest BCUT2D eigenvalue weighted by Crippen LogP contribution is 2.39. The van der Waals surface area contributed by atoms with Crippen molar-refractivity contribution in [1.82, 2.24) is 0 Å². The maximum atomic E-state index is 13.1. The van der Waals surface area contributed by atoms with Crippen LogP contribution in [0.2, 0.25) is 0 Å². The summed E-state index contributed by atoms with van der Waals surface area (Å²) in [6.45, 7) is 0. The zero-order valence-electron chi connectivity index (χ0n) is 9.06. The lowest BCUT2D eigenvalue weighted by atomic mass is 9.84. The molecule has 0 aromatic heterocycles. The Morgan fingerprint density at radius 2 is 1.94 bits per heavy atom. The van der Waals surface area contributed by atoms with E-state index in [1.165, 1.54) is 38.2 Å². The number of rotatable bonds is 2. The van der Waals surface area contributed by atoms with Crippen molar-refractivity contribution in [1.29, 1.82) is 0 Å². The second-order valence-corrected chi connectivity index (χ2v) is 5.80. The molecule has 1 atom stereocenters. The second kappa shape index (κ2) is 5.50. The molecule has 1 unspecified atom stereocenters. The highest BCUT2D eigenvalue weighted by Gasteiger charge is 2.23. The van der Waals surface area contributed by atoms with Crippen LogP contribution in [0.15, 0.2) is 22.7 Å². The molecule has 0 bridgehead atoms. The lowest BCUT2D eigenvalue weighted by Crippen LogP contribution is -2.12. The Morgan fingerprint density at radius 3 is 2.56 bits per heavy atom. The Hall–Kier alpha value is -0.0800. The summed E-state index contributed by atoms with van der Waals surface area (Å²) >= 11 is 9.67. The quantitative estimate of drug-likeness (QED) is 0.637. The van der Waals surface area contributed by atoms with Crippen LogP contribution in [0.1, 0.15) is 43.0 Å². The molecule has 3 heteroatoms. The highest BCUT2D eigenvalue weighted by atomic mass is 79.9. The van der Waals surface area contributed by atoms with E-state index in [4.69, 9.17) is 11.6 Å². The van der Waals surface area contributed by atoms with Gasteiger partial charge in [0.1, 0.15) is 5.82 Å². The highest BCUT2D eigenvalue weighted by molar-refractivity contribution is 9.10. The fourth-order valence-electron chi connectivity index (χ4n) is 2.38. The van der Waals surface area contributed by atoms with E-state index in [0.29, 0.717) is 10.4 Å². The molecule has 0 aliphatic heterocycles. The minimum Gasteiger partial charge on any atom is -0.206 e. The van der Waals surface area contributed by atoms with Gasteiger partial charge in [-0.2, -0.15) is 0 Å². The topological polar surface area (TPSA) is 0 Å². The Labute approximate surface area is 109 Å². The van der Waals surface area contributed by atoms with Gasteiger partial charge in [0.05, 0.1) is 9.85 Å². The molecule has 0 spiro atoms. The Morgan fingerprint density at radius 1 is 1.25 bits per heavy atom. The van der Waals surface area contributed by atoms with Gasteiger partial charge >= 0.3 is 0 Å². The van der Waals surface area contributed by atoms with Crippen molar-refractivity contribution < 1.29 is 4.39 Å². The summed E-state index contributed by atoms with van der Waals surface area (Å²) in [5, 5.41) is 0.0252. The molecule has 0 saturated heterocycles. The van der Waals surface area contributed by atoms with Gasteiger partial charge in [-0.25, -0.2) is 4.39 Å². The van der Waals surface area contributed by atoms with Gasteiger partial charge in [0, 0.05) is 0 Å². The Balaban J connectivity index is 2.12. The van der Waals surface area contributed by atoms with Gasteiger partial charge in [-0.15, -0.1) is 11.6 Å². The third-order valence-corrected chi connectivity index (χ3v) is 4.54. The average molecular weight is 306 g/mol. The second-order valence-electron chi connectivity index (χ2n) is 4.47. The molecule has 1 aromatic carbocycles. The first-order valence-electron chi connectivity index (χ1n) is 5.77. The van der Waals surface area contributed by atoms with Crippen LogP contribution >= 0.6 is 27.5 Å². The predicted octanol–water partition coefficient (Wildman–Crippen LogP) is 5.45. The molecule has 0 amide bonds. The lowest BCUT2D eigenvalue weighted by Gasteiger charge is -2.26. The molecular formula is C13H15BrClF. The largest absolute Gasteiger partial charge is 0.206 e. The lowest BCUT2D eigenvalue weighted by molar-refractivity contribution is 0.348. The van der Waals surface area contributed by atoms with Gasteiger partial charge in [0.2, 0.25) is 0 Å². The maximum Gasteiger partial charge on any atom is 0.137 e. The van der Waals surface area contributed by atoms with Gasteiger partial charge in [-0.3, -0.25) is 0 Å². The average Bonchev–Trinajstić information content (AvgIpc) is 2.33. The van der Waals surface area contributed by atoms with E-state index in [1.54, 1.807) is 6.07 Å². The third kappa shape index (κ3) is 2.78. The zero-order chi connectivity index (χ0) is 11.5. The van der Waals surface area contributed by atoms with Gasteiger partial charge in [-0.05, 0) is 52.4 Å². The maximum absolute atomic E-state index is 13.1. The fourth-order valence-corrected chi connectivity index (χ4v) is 3.17. The van der Waals surface area contributed by atoms with Crippen molar-refractivity contribution in [3.63, 3.8) is 0 Å². The van der Waals surface area contributed by atoms with Crippen LogP contribution in [0, 0.1) is 11.7 Å². The van der Waals surface area contributed by atoms with Crippen LogP contribution in [0.3, 0.4) is 0 Å². The molecule has 16 heavy (non-hydrogen) atoms. The summed E-state index contributed by atoms with van der Waals surface area (Å²) in [6, 6.07) is 5.09.